The molecule has 0 amide bonds. The van der Waals surface area contributed by atoms with Crippen molar-refractivity contribution in [2.75, 3.05) is 0 Å². The van der Waals surface area contributed by atoms with Gasteiger partial charge in [0.1, 0.15) is 11.8 Å². The van der Waals surface area contributed by atoms with E-state index >= 15 is 0 Å². The Morgan fingerprint density at radius 1 is 1.24 bits per heavy atom. The molecular weight excluding hydrogens is 254 g/mol. The molecule has 0 aliphatic heterocycles. The third-order valence-corrected chi connectivity index (χ3v) is 2.57. The summed E-state index contributed by atoms with van der Waals surface area (Å²) in [4.78, 5) is 8.19. The van der Waals surface area contributed by atoms with Crippen LogP contribution in [-0.4, -0.2) is 15.3 Å². The molecule has 1 aromatic heterocycles. The molecule has 1 aromatic carbocycles. The average molecular weight is 260 g/mol. The first kappa shape index (κ1) is 11.6. The van der Waals surface area contributed by atoms with Crippen molar-refractivity contribution in [3.63, 3.8) is 0 Å². The van der Waals surface area contributed by atoms with Crippen LogP contribution in [0.5, 0.6) is 0 Å². The van der Waals surface area contributed by atoms with Crippen molar-refractivity contribution in [1.29, 1.82) is 5.26 Å². The highest BCUT2D eigenvalue weighted by molar-refractivity contribution is 7.79. The summed E-state index contributed by atoms with van der Waals surface area (Å²) in [5, 5.41) is 10.9. The lowest BCUT2D eigenvalue weighted by molar-refractivity contribution is 1.13. The predicted octanol–water partition coefficient (Wildman–Crippen LogP) is 3.02. The van der Waals surface area contributed by atoms with Crippen LogP contribution in [0.1, 0.15) is 11.5 Å². The maximum Gasteiger partial charge on any atom is 0.164 e. The highest BCUT2D eigenvalue weighted by Crippen LogP contribution is 2.20. The van der Waals surface area contributed by atoms with Crippen LogP contribution in [0.25, 0.3) is 11.3 Å². The zero-order chi connectivity index (χ0) is 12.3. The quantitative estimate of drug-likeness (QED) is 0.778. The molecule has 0 aliphatic rings. The zero-order valence-electron chi connectivity index (χ0n) is 8.59. The second kappa shape index (κ2) is 5.00. The summed E-state index contributed by atoms with van der Waals surface area (Å²) in [5.74, 6) is 0.365. The zero-order valence-corrected chi connectivity index (χ0v) is 10.2. The molecule has 0 aliphatic carbocycles. The Kier molecular flexibility index (Phi) is 3.43. The average Bonchev–Trinajstić information content (AvgIpc) is 2.39. The molecule has 1 heterocycles. The number of thiocarbonyl (C=S) groups is 1. The number of rotatable bonds is 2. The van der Waals surface area contributed by atoms with Gasteiger partial charge in [-0.15, -0.1) is 0 Å². The molecule has 0 fully saturated rings. The third-order valence-electron chi connectivity index (χ3n) is 2.10. The first-order valence-electron chi connectivity index (χ1n) is 4.73. The number of hydrogen-bond donors (Lipinski definition) is 0. The SMILES string of the molecule is N#Cc1cc(-c2ccc(Cl)cc2)nc(C=S)n1. The van der Waals surface area contributed by atoms with Gasteiger partial charge in [-0.25, -0.2) is 9.97 Å². The van der Waals surface area contributed by atoms with E-state index in [1.807, 2.05) is 18.2 Å². The van der Waals surface area contributed by atoms with Crippen LogP contribution in [0.4, 0.5) is 0 Å². The molecule has 0 saturated carbocycles. The number of hydrogen-bond acceptors (Lipinski definition) is 4. The lowest BCUT2D eigenvalue weighted by Crippen LogP contribution is -1.97. The summed E-state index contributed by atoms with van der Waals surface area (Å²) in [6.45, 7) is 0. The molecule has 2 rings (SSSR count). The fourth-order valence-corrected chi connectivity index (χ4v) is 1.58. The summed E-state index contributed by atoms with van der Waals surface area (Å²) < 4.78 is 0. The summed E-state index contributed by atoms with van der Waals surface area (Å²) in [6.07, 6.45) is 0. The van der Waals surface area contributed by atoms with Crippen molar-refractivity contribution in [2.24, 2.45) is 0 Å². The maximum atomic E-state index is 8.86. The monoisotopic (exact) mass is 259 g/mol. The van der Waals surface area contributed by atoms with Gasteiger partial charge in [-0.3, -0.25) is 0 Å². The molecule has 0 bridgehead atoms. The number of nitriles is 1. The minimum absolute atomic E-state index is 0.293. The first-order valence-corrected chi connectivity index (χ1v) is 5.58. The maximum absolute atomic E-state index is 8.86. The lowest BCUT2D eigenvalue weighted by Gasteiger charge is -2.02. The smallest absolute Gasteiger partial charge is 0.164 e. The lowest BCUT2D eigenvalue weighted by atomic mass is 10.1. The largest absolute Gasteiger partial charge is 0.228 e. The second-order valence-corrected chi connectivity index (χ2v) is 3.91. The van der Waals surface area contributed by atoms with Crippen molar-refractivity contribution in [3.8, 4) is 17.3 Å². The first-order chi connectivity index (χ1) is 8.22. The van der Waals surface area contributed by atoms with E-state index in [-0.39, 0.29) is 0 Å². The second-order valence-electron chi connectivity index (χ2n) is 3.23. The van der Waals surface area contributed by atoms with E-state index in [0.717, 1.165) is 5.56 Å². The van der Waals surface area contributed by atoms with Crippen molar-refractivity contribution in [3.05, 3.63) is 46.9 Å². The standard InChI is InChI=1S/C12H6ClN3S/c13-9-3-1-8(2-4-9)11-5-10(6-14)15-12(7-17)16-11/h1-5,7H. The minimum Gasteiger partial charge on any atom is -0.228 e. The van der Waals surface area contributed by atoms with Gasteiger partial charge in [0.25, 0.3) is 0 Å². The van der Waals surface area contributed by atoms with E-state index < -0.39 is 0 Å². The molecule has 0 N–H and O–H groups in total. The van der Waals surface area contributed by atoms with Gasteiger partial charge in [-0.05, 0) is 12.1 Å². The number of benzene rings is 1. The molecule has 0 spiro atoms. The van der Waals surface area contributed by atoms with E-state index in [4.69, 9.17) is 29.1 Å². The molecule has 0 atom stereocenters. The van der Waals surface area contributed by atoms with E-state index in [9.17, 15) is 0 Å². The summed E-state index contributed by atoms with van der Waals surface area (Å²) in [6, 6.07) is 10.8. The molecule has 5 heteroatoms. The van der Waals surface area contributed by atoms with Gasteiger partial charge < -0.3 is 0 Å². The number of aromatic nitrogens is 2. The van der Waals surface area contributed by atoms with Gasteiger partial charge in [0.05, 0.1) is 5.69 Å². The molecule has 2 aromatic rings. The Labute approximate surface area is 109 Å². The summed E-state index contributed by atoms with van der Waals surface area (Å²) in [7, 11) is 0. The van der Waals surface area contributed by atoms with Gasteiger partial charge in [-0.2, -0.15) is 5.26 Å². The Morgan fingerprint density at radius 3 is 2.53 bits per heavy atom. The topological polar surface area (TPSA) is 49.6 Å². The summed E-state index contributed by atoms with van der Waals surface area (Å²) >= 11 is 10.6. The van der Waals surface area contributed by atoms with Gasteiger partial charge in [-0.1, -0.05) is 36.0 Å². The molecule has 82 valence electrons. The highest BCUT2D eigenvalue weighted by Gasteiger charge is 2.04. The van der Waals surface area contributed by atoms with Gasteiger partial charge in [0.2, 0.25) is 0 Å². The van der Waals surface area contributed by atoms with E-state index in [1.54, 1.807) is 18.2 Å². The van der Waals surface area contributed by atoms with Gasteiger partial charge in [0, 0.05) is 22.0 Å². The Morgan fingerprint density at radius 2 is 1.94 bits per heavy atom. The van der Waals surface area contributed by atoms with Gasteiger partial charge in [0.15, 0.2) is 5.82 Å². The summed E-state index contributed by atoms with van der Waals surface area (Å²) in [5.41, 5.74) is 1.82. The van der Waals surface area contributed by atoms with Crippen LogP contribution in [0, 0.1) is 11.3 Å². The Hall–Kier alpha value is -1.83. The third kappa shape index (κ3) is 2.64. The molecule has 0 radical (unpaired) electrons. The Bertz CT molecular complexity index is 602. The van der Waals surface area contributed by atoms with Crippen LogP contribution < -0.4 is 0 Å². The molecule has 17 heavy (non-hydrogen) atoms. The fourth-order valence-electron chi connectivity index (χ4n) is 1.34. The fraction of sp³-hybridized carbons (Fsp3) is 0. The molecule has 0 unspecified atom stereocenters. The van der Waals surface area contributed by atoms with Gasteiger partial charge >= 0.3 is 0 Å². The molecule has 3 nitrogen and oxygen atoms in total. The Balaban J connectivity index is 2.55. The normalized spacial score (nSPS) is 9.65. The van der Waals surface area contributed by atoms with E-state index in [0.29, 0.717) is 22.2 Å². The predicted molar refractivity (Wildman–Crippen MR) is 70.0 cm³/mol. The van der Waals surface area contributed by atoms with Crippen molar-refractivity contribution in [1.82, 2.24) is 9.97 Å². The van der Waals surface area contributed by atoms with E-state index in [2.05, 4.69) is 9.97 Å². The van der Waals surface area contributed by atoms with Crippen molar-refractivity contribution in [2.45, 2.75) is 0 Å². The van der Waals surface area contributed by atoms with Crippen molar-refractivity contribution >= 4 is 29.2 Å². The van der Waals surface area contributed by atoms with Crippen LogP contribution >= 0.6 is 23.8 Å². The van der Waals surface area contributed by atoms with Crippen LogP contribution in [0.3, 0.4) is 0 Å². The van der Waals surface area contributed by atoms with E-state index in [1.165, 1.54) is 5.37 Å². The molecule has 0 saturated heterocycles. The highest BCUT2D eigenvalue weighted by atomic mass is 35.5. The number of nitrogens with zero attached hydrogens (tertiary/aromatic N) is 3. The minimum atomic E-state index is 0.293. The number of halogens is 1. The van der Waals surface area contributed by atoms with Crippen LogP contribution in [0.2, 0.25) is 5.02 Å². The van der Waals surface area contributed by atoms with Crippen molar-refractivity contribution < 1.29 is 0 Å². The van der Waals surface area contributed by atoms with Crippen LogP contribution in [0.15, 0.2) is 30.3 Å². The van der Waals surface area contributed by atoms with Crippen LogP contribution in [-0.2, 0) is 0 Å². The molecular formula is C12H6ClN3S.